The normalized spacial score (nSPS) is 10.6. The fourth-order valence-corrected chi connectivity index (χ4v) is 2.30. The minimum atomic E-state index is -0.119. The first kappa shape index (κ1) is 17.5. The number of Topliss-reactive ketones (excluding diaryl/α,β-unsaturated/α-hetero) is 1. The number of methoxy groups -OCH3 is 1. The van der Waals surface area contributed by atoms with Crippen LogP contribution in [0.3, 0.4) is 0 Å². The van der Waals surface area contributed by atoms with Crippen LogP contribution in [-0.2, 0) is 11.2 Å². The molecule has 0 aliphatic carbocycles. The summed E-state index contributed by atoms with van der Waals surface area (Å²) in [5, 5.41) is 2.84. The van der Waals surface area contributed by atoms with Gasteiger partial charge in [-0.3, -0.25) is 9.59 Å². The molecule has 2 aromatic carbocycles. The lowest BCUT2D eigenvalue weighted by Gasteiger charge is -2.09. The van der Waals surface area contributed by atoms with E-state index in [0.29, 0.717) is 23.4 Å². The summed E-state index contributed by atoms with van der Waals surface area (Å²) in [7, 11) is 1.55. The largest absolute Gasteiger partial charge is 0.496 e. The molecule has 1 amide bonds. The highest BCUT2D eigenvalue weighted by Crippen LogP contribution is 2.20. The zero-order chi connectivity index (χ0) is 17.4. The Morgan fingerprint density at radius 3 is 2.54 bits per heavy atom. The summed E-state index contributed by atoms with van der Waals surface area (Å²) in [6, 6.07) is 15.0. The molecule has 0 saturated heterocycles. The monoisotopic (exact) mass is 323 g/mol. The van der Waals surface area contributed by atoms with Crippen molar-refractivity contribution in [2.24, 2.45) is 0 Å². The van der Waals surface area contributed by atoms with Crippen molar-refractivity contribution < 1.29 is 14.3 Å². The second-order valence-corrected chi connectivity index (χ2v) is 5.38. The summed E-state index contributed by atoms with van der Waals surface area (Å²) in [5.41, 5.74) is 2.36. The Labute approximate surface area is 142 Å². The molecule has 124 valence electrons. The smallest absolute Gasteiger partial charge is 0.224 e. The molecule has 0 spiro atoms. The highest BCUT2D eigenvalue weighted by Gasteiger charge is 2.10. The predicted molar refractivity (Wildman–Crippen MR) is 95.2 cm³/mol. The standard InChI is InChI=1S/C20H21NO3/c1-15(22)17-10-11-19(24-2)18(13-17)14-20(23)21-12-6-9-16-7-4-3-5-8-16/h3-11,13H,12,14H2,1-2H3,(H,21,23)/b9-6-. The van der Waals surface area contributed by atoms with Crippen molar-refractivity contribution >= 4 is 17.8 Å². The topological polar surface area (TPSA) is 55.4 Å². The average Bonchev–Trinajstić information content (AvgIpc) is 2.59. The fraction of sp³-hybridized carbons (Fsp3) is 0.200. The van der Waals surface area contributed by atoms with Crippen LogP contribution in [0, 0.1) is 0 Å². The van der Waals surface area contributed by atoms with E-state index in [0.717, 1.165) is 5.56 Å². The number of hydrogen-bond acceptors (Lipinski definition) is 3. The van der Waals surface area contributed by atoms with Crippen molar-refractivity contribution in [2.45, 2.75) is 13.3 Å². The van der Waals surface area contributed by atoms with Gasteiger partial charge in [0.25, 0.3) is 0 Å². The molecule has 1 N–H and O–H groups in total. The van der Waals surface area contributed by atoms with Gasteiger partial charge < -0.3 is 10.1 Å². The second-order valence-electron chi connectivity index (χ2n) is 5.38. The van der Waals surface area contributed by atoms with Crippen LogP contribution < -0.4 is 10.1 Å². The van der Waals surface area contributed by atoms with E-state index in [1.54, 1.807) is 25.3 Å². The van der Waals surface area contributed by atoms with E-state index in [2.05, 4.69) is 5.32 Å². The third-order valence-electron chi connectivity index (χ3n) is 3.56. The van der Waals surface area contributed by atoms with Gasteiger partial charge in [-0.15, -0.1) is 0 Å². The Bertz CT molecular complexity index is 736. The summed E-state index contributed by atoms with van der Waals surface area (Å²) in [6.45, 7) is 1.95. The Morgan fingerprint density at radius 1 is 1.12 bits per heavy atom. The number of nitrogens with one attached hydrogen (secondary N) is 1. The summed E-state index contributed by atoms with van der Waals surface area (Å²) in [5.74, 6) is 0.451. The summed E-state index contributed by atoms with van der Waals surface area (Å²) in [6.07, 6.45) is 4.02. The number of ketones is 1. The van der Waals surface area contributed by atoms with E-state index in [-0.39, 0.29) is 18.1 Å². The molecule has 4 heteroatoms. The quantitative estimate of drug-likeness (QED) is 0.796. The first-order chi connectivity index (χ1) is 11.6. The van der Waals surface area contributed by atoms with Crippen LogP contribution in [0.4, 0.5) is 0 Å². The van der Waals surface area contributed by atoms with Crippen LogP contribution in [0.15, 0.2) is 54.6 Å². The van der Waals surface area contributed by atoms with Gasteiger partial charge in [0.15, 0.2) is 5.78 Å². The Balaban J connectivity index is 1.93. The maximum Gasteiger partial charge on any atom is 0.224 e. The van der Waals surface area contributed by atoms with Crippen molar-refractivity contribution in [3.8, 4) is 5.75 Å². The van der Waals surface area contributed by atoms with E-state index in [1.807, 2.05) is 42.5 Å². The van der Waals surface area contributed by atoms with Crippen molar-refractivity contribution in [2.75, 3.05) is 13.7 Å². The van der Waals surface area contributed by atoms with E-state index < -0.39 is 0 Å². The molecular weight excluding hydrogens is 302 g/mol. The number of hydrogen-bond donors (Lipinski definition) is 1. The third-order valence-corrected chi connectivity index (χ3v) is 3.56. The number of carbonyl (C=O) groups excluding carboxylic acids is 2. The van der Waals surface area contributed by atoms with Crippen LogP contribution in [0.1, 0.15) is 28.4 Å². The molecule has 0 radical (unpaired) electrons. The first-order valence-corrected chi connectivity index (χ1v) is 7.76. The van der Waals surface area contributed by atoms with Crippen molar-refractivity contribution in [3.63, 3.8) is 0 Å². The molecule has 0 unspecified atom stereocenters. The van der Waals surface area contributed by atoms with Gasteiger partial charge in [0, 0.05) is 17.7 Å². The van der Waals surface area contributed by atoms with E-state index in [4.69, 9.17) is 4.74 Å². The van der Waals surface area contributed by atoms with Crippen molar-refractivity contribution in [3.05, 3.63) is 71.3 Å². The van der Waals surface area contributed by atoms with Crippen molar-refractivity contribution in [1.82, 2.24) is 5.32 Å². The van der Waals surface area contributed by atoms with Gasteiger partial charge in [-0.1, -0.05) is 42.5 Å². The second kappa shape index (κ2) is 8.67. The first-order valence-electron chi connectivity index (χ1n) is 7.76. The lowest BCUT2D eigenvalue weighted by molar-refractivity contribution is -0.120. The van der Waals surface area contributed by atoms with Crippen LogP contribution in [-0.4, -0.2) is 25.3 Å². The van der Waals surface area contributed by atoms with Crippen molar-refractivity contribution in [1.29, 1.82) is 0 Å². The molecule has 24 heavy (non-hydrogen) atoms. The van der Waals surface area contributed by atoms with Gasteiger partial charge in [0.05, 0.1) is 13.5 Å². The molecule has 0 aromatic heterocycles. The lowest BCUT2D eigenvalue weighted by Crippen LogP contribution is -2.25. The number of carbonyl (C=O) groups is 2. The van der Waals surface area contributed by atoms with Gasteiger partial charge in [0.2, 0.25) is 5.91 Å². The van der Waals surface area contributed by atoms with Crippen LogP contribution in [0.5, 0.6) is 5.75 Å². The molecule has 0 fully saturated rings. The fourth-order valence-electron chi connectivity index (χ4n) is 2.30. The molecule has 0 atom stereocenters. The minimum Gasteiger partial charge on any atom is -0.496 e. The molecule has 2 rings (SSSR count). The Morgan fingerprint density at radius 2 is 1.88 bits per heavy atom. The maximum atomic E-state index is 12.1. The van der Waals surface area contributed by atoms with Gasteiger partial charge in [0.1, 0.15) is 5.75 Å². The zero-order valence-corrected chi connectivity index (χ0v) is 13.9. The van der Waals surface area contributed by atoms with E-state index in [1.165, 1.54) is 6.92 Å². The Hall–Kier alpha value is -2.88. The Kier molecular flexibility index (Phi) is 6.32. The van der Waals surface area contributed by atoms with Crippen LogP contribution >= 0.6 is 0 Å². The summed E-state index contributed by atoms with van der Waals surface area (Å²) >= 11 is 0. The predicted octanol–water partition coefficient (Wildman–Crippen LogP) is 3.27. The molecule has 0 heterocycles. The molecule has 0 bridgehead atoms. The SMILES string of the molecule is COc1ccc(C(C)=O)cc1CC(=O)NC/C=C\c1ccccc1. The summed E-state index contributed by atoms with van der Waals surface area (Å²) in [4.78, 5) is 23.6. The maximum absolute atomic E-state index is 12.1. The molecule has 4 nitrogen and oxygen atoms in total. The summed E-state index contributed by atoms with van der Waals surface area (Å²) < 4.78 is 5.26. The minimum absolute atomic E-state index is 0.0369. The molecule has 0 saturated carbocycles. The van der Waals surface area contributed by atoms with Gasteiger partial charge in [-0.25, -0.2) is 0 Å². The lowest BCUT2D eigenvalue weighted by atomic mass is 10.0. The molecule has 0 aliphatic rings. The average molecular weight is 323 g/mol. The van der Waals surface area contributed by atoms with E-state index in [9.17, 15) is 9.59 Å². The van der Waals surface area contributed by atoms with Gasteiger partial charge in [-0.05, 0) is 30.7 Å². The van der Waals surface area contributed by atoms with E-state index >= 15 is 0 Å². The molecule has 2 aromatic rings. The molecular formula is C20H21NO3. The highest BCUT2D eigenvalue weighted by molar-refractivity contribution is 5.94. The number of rotatable bonds is 7. The number of benzene rings is 2. The highest BCUT2D eigenvalue weighted by atomic mass is 16.5. The van der Waals surface area contributed by atoms with Crippen LogP contribution in [0.25, 0.3) is 6.08 Å². The third kappa shape index (κ3) is 5.09. The van der Waals surface area contributed by atoms with Gasteiger partial charge in [-0.2, -0.15) is 0 Å². The molecule has 0 aliphatic heterocycles. The zero-order valence-electron chi connectivity index (χ0n) is 13.9. The van der Waals surface area contributed by atoms with Crippen LogP contribution in [0.2, 0.25) is 0 Å². The number of amides is 1. The number of ether oxygens (including phenoxy) is 1. The van der Waals surface area contributed by atoms with Gasteiger partial charge >= 0.3 is 0 Å².